The van der Waals surface area contributed by atoms with Crippen molar-refractivity contribution >= 4 is 11.7 Å². The summed E-state index contributed by atoms with van der Waals surface area (Å²) in [5, 5.41) is 15.1. The van der Waals surface area contributed by atoms with Gasteiger partial charge in [0.2, 0.25) is 0 Å². The zero-order valence-electron chi connectivity index (χ0n) is 9.94. The molecule has 20 heavy (non-hydrogen) atoms. The summed E-state index contributed by atoms with van der Waals surface area (Å²) in [6.07, 6.45) is -3.40. The SMILES string of the molecule is O=C(O)c1ccc(NCc2ccon2)cc1C(F)(F)F. The average Bonchev–Trinajstić information content (AvgIpc) is 2.88. The fraction of sp³-hybridized carbons (Fsp3) is 0.167. The van der Waals surface area contributed by atoms with Crippen LogP contribution < -0.4 is 5.32 Å². The van der Waals surface area contributed by atoms with Crippen LogP contribution in [-0.2, 0) is 12.7 Å². The first-order chi connectivity index (χ1) is 9.38. The Labute approximate surface area is 111 Å². The normalized spacial score (nSPS) is 11.3. The van der Waals surface area contributed by atoms with Gasteiger partial charge in [0.1, 0.15) is 12.0 Å². The van der Waals surface area contributed by atoms with Crippen molar-refractivity contribution in [3.8, 4) is 0 Å². The van der Waals surface area contributed by atoms with Gasteiger partial charge in [0.05, 0.1) is 17.7 Å². The number of nitrogens with zero attached hydrogens (tertiary/aromatic N) is 1. The molecule has 1 heterocycles. The van der Waals surface area contributed by atoms with E-state index >= 15 is 0 Å². The Kier molecular flexibility index (Phi) is 3.64. The smallest absolute Gasteiger partial charge is 0.417 e. The van der Waals surface area contributed by atoms with Crippen LogP contribution >= 0.6 is 0 Å². The van der Waals surface area contributed by atoms with Gasteiger partial charge in [0, 0.05) is 11.8 Å². The number of rotatable bonds is 4. The lowest BCUT2D eigenvalue weighted by Crippen LogP contribution is -2.13. The molecule has 0 bridgehead atoms. The molecule has 0 spiro atoms. The molecule has 1 aromatic carbocycles. The van der Waals surface area contributed by atoms with Crippen molar-refractivity contribution in [3.05, 3.63) is 47.3 Å². The number of aromatic nitrogens is 1. The Morgan fingerprint density at radius 2 is 2.10 bits per heavy atom. The molecule has 0 aliphatic rings. The van der Waals surface area contributed by atoms with Gasteiger partial charge in [-0.2, -0.15) is 13.2 Å². The van der Waals surface area contributed by atoms with Gasteiger partial charge in [-0.25, -0.2) is 4.79 Å². The Morgan fingerprint density at radius 1 is 1.35 bits per heavy atom. The highest BCUT2D eigenvalue weighted by molar-refractivity contribution is 5.90. The second-order valence-electron chi connectivity index (χ2n) is 3.91. The van der Waals surface area contributed by atoms with Crippen molar-refractivity contribution in [2.24, 2.45) is 0 Å². The number of nitrogens with one attached hydrogen (secondary N) is 1. The summed E-state index contributed by atoms with van der Waals surface area (Å²) in [6.45, 7) is 0.167. The number of carbonyl (C=O) groups is 1. The van der Waals surface area contributed by atoms with Gasteiger partial charge < -0.3 is 14.9 Å². The predicted molar refractivity (Wildman–Crippen MR) is 62.2 cm³/mol. The number of benzene rings is 1. The zero-order valence-corrected chi connectivity index (χ0v) is 9.94. The number of hydrogen-bond acceptors (Lipinski definition) is 4. The topological polar surface area (TPSA) is 75.4 Å². The van der Waals surface area contributed by atoms with Gasteiger partial charge in [0.25, 0.3) is 0 Å². The quantitative estimate of drug-likeness (QED) is 0.903. The molecule has 0 fully saturated rings. The van der Waals surface area contributed by atoms with Gasteiger partial charge in [-0.3, -0.25) is 0 Å². The van der Waals surface area contributed by atoms with Crippen LogP contribution in [0, 0.1) is 0 Å². The predicted octanol–water partition coefficient (Wildman–Crippen LogP) is 3.00. The van der Waals surface area contributed by atoms with Gasteiger partial charge >= 0.3 is 12.1 Å². The van der Waals surface area contributed by atoms with Crippen molar-refractivity contribution in [3.63, 3.8) is 0 Å². The van der Waals surface area contributed by atoms with Crippen LogP contribution in [0.4, 0.5) is 18.9 Å². The molecule has 0 saturated heterocycles. The Bertz CT molecular complexity index is 609. The highest BCUT2D eigenvalue weighted by Gasteiger charge is 2.35. The zero-order chi connectivity index (χ0) is 14.8. The van der Waals surface area contributed by atoms with Crippen molar-refractivity contribution in [2.75, 3.05) is 5.32 Å². The van der Waals surface area contributed by atoms with E-state index in [0.717, 1.165) is 12.1 Å². The second-order valence-corrected chi connectivity index (χ2v) is 3.91. The number of carboxylic acid groups (broad SMARTS) is 1. The number of anilines is 1. The van der Waals surface area contributed by atoms with E-state index in [2.05, 4.69) is 15.0 Å². The first kappa shape index (κ1) is 13.9. The summed E-state index contributed by atoms with van der Waals surface area (Å²) in [7, 11) is 0. The van der Waals surface area contributed by atoms with E-state index in [-0.39, 0.29) is 12.2 Å². The van der Waals surface area contributed by atoms with Gasteiger partial charge in [-0.1, -0.05) is 5.16 Å². The number of alkyl halides is 3. The lowest BCUT2D eigenvalue weighted by Gasteiger charge is -2.12. The molecule has 0 radical (unpaired) electrons. The molecule has 5 nitrogen and oxygen atoms in total. The minimum Gasteiger partial charge on any atom is -0.478 e. The largest absolute Gasteiger partial charge is 0.478 e. The van der Waals surface area contributed by atoms with E-state index in [9.17, 15) is 18.0 Å². The molecule has 0 aliphatic heterocycles. The molecule has 0 amide bonds. The van der Waals surface area contributed by atoms with Crippen LogP contribution in [-0.4, -0.2) is 16.2 Å². The van der Waals surface area contributed by atoms with Crippen molar-refractivity contribution in [2.45, 2.75) is 12.7 Å². The Hall–Kier alpha value is -2.51. The van der Waals surface area contributed by atoms with Gasteiger partial charge in [-0.15, -0.1) is 0 Å². The number of carboxylic acids is 1. The van der Waals surface area contributed by atoms with E-state index in [1.165, 1.54) is 12.3 Å². The molecule has 0 unspecified atom stereocenters. The van der Waals surface area contributed by atoms with E-state index < -0.39 is 23.3 Å². The van der Waals surface area contributed by atoms with Crippen LogP contribution in [0.25, 0.3) is 0 Å². The Balaban J connectivity index is 2.25. The molecule has 0 saturated carbocycles. The number of halogens is 3. The number of aromatic carboxylic acids is 1. The molecule has 2 N–H and O–H groups in total. The van der Waals surface area contributed by atoms with Crippen LogP contribution in [0.1, 0.15) is 21.6 Å². The summed E-state index contributed by atoms with van der Waals surface area (Å²) in [5.74, 6) is -1.62. The fourth-order valence-corrected chi connectivity index (χ4v) is 1.60. The standard InChI is InChI=1S/C12H9F3N2O3/c13-12(14,15)10-5-7(1-2-9(10)11(18)19)16-6-8-3-4-20-17-8/h1-5,16H,6H2,(H,18,19). The molecule has 8 heteroatoms. The van der Waals surface area contributed by atoms with Crippen LogP contribution in [0.5, 0.6) is 0 Å². The van der Waals surface area contributed by atoms with E-state index in [1.807, 2.05) is 0 Å². The minimum atomic E-state index is -4.74. The molecule has 2 aromatic rings. The average molecular weight is 286 g/mol. The van der Waals surface area contributed by atoms with Gasteiger partial charge in [0.15, 0.2) is 0 Å². The summed E-state index contributed by atoms with van der Waals surface area (Å²) in [6, 6.07) is 4.49. The third-order valence-corrected chi connectivity index (χ3v) is 2.52. The van der Waals surface area contributed by atoms with E-state index in [1.54, 1.807) is 6.07 Å². The molecule has 106 valence electrons. The molecule has 1 aromatic heterocycles. The molecular weight excluding hydrogens is 277 g/mol. The van der Waals surface area contributed by atoms with Crippen molar-refractivity contribution < 1.29 is 27.6 Å². The maximum absolute atomic E-state index is 12.8. The fourth-order valence-electron chi connectivity index (χ4n) is 1.60. The van der Waals surface area contributed by atoms with Crippen LogP contribution in [0.2, 0.25) is 0 Å². The molecular formula is C12H9F3N2O3. The van der Waals surface area contributed by atoms with Gasteiger partial charge in [-0.05, 0) is 18.2 Å². The summed E-state index contributed by atoms with van der Waals surface area (Å²) in [4.78, 5) is 10.8. The number of hydrogen-bond donors (Lipinski definition) is 2. The van der Waals surface area contributed by atoms with Crippen molar-refractivity contribution in [1.82, 2.24) is 5.16 Å². The minimum absolute atomic E-state index is 0.144. The lowest BCUT2D eigenvalue weighted by molar-refractivity contribution is -0.138. The van der Waals surface area contributed by atoms with Crippen LogP contribution in [0.15, 0.2) is 35.1 Å². The first-order valence-electron chi connectivity index (χ1n) is 5.45. The Morgan fingerprint density at radius 3 is 2.65 bits per heavy atom. The van der Waals surface area contributed by atoms with E-state index in [0.29, 0.717) is 5.69 Å². The highest BCUT2D eigenvalue weighted by atomic mass is 19.4. The third kappa shape index (κ3) is 3.08. The summed E-state index contributed by atoms with van der Waals surface area (Å²) >= 11 is 0. The summed E-state index contributed by atoms with van der Waals surface area (Å²) in [5.41, 5.74) is -1.33. The maximum Gasteiger partial charge on any atom is 0.417 e. The maximum atomic E-state index is 12.8. The second kappa shape index (κ2) is 5.24. The molecule has 0 atom stereocenters. The van der Waals surface area contributed by atoms with E-state index in [4.69, 9.17) is 5.11 Å². The monoisotopic (exact) mass is 286 g/mol. The molecule has 0 aliphatic carbocycles. The first-order valence-corrected chi connectivity index (χ1v) is 5.45. The van der Waals surface area contributed by atoms with Crippen LogP contribution in [0.3, 0.4) is 0 Å². The molecule has 2 rings (SSSR count). The van der Waals surface area contributed by atoms with Crippen molar-refractivity contribution in [1.29, 1.82) is 0 Å². The lowest BCUT2D eigenvalue weighted by atomic mass is 10.1. The third-order valence-electron chi connectivity index (χ3n) is 2.52. The highest BCUT2D eigenvalue weighted by Crippen LogP contribution is 2.33. The summed E-state index contributed by atoms with van der Waals surface area (Å²) < 4.78 is 42.9.